The van der Waals surface area contributed by atoms with Gasteiger partial charge in [-0.2, -0.15) is 0 Å². The number of methoxy groups -OCH3 is 2. The van der Waals surface area contributed by atoms with Crippen LogP contribution >= 0.6 is 0 Å². The van der Waals surface area contributed by atoms with Gasteiger partial charge in [-0.25, -0.2) is 13.6 Å². The predicted molar refractivity (Wildman–Crippen MR) is 100 cm³/mol. The fraction of sp³-hybridized carbons (Fsp3) is 0.316. The van der Waals surface area contributed by atoms with E-state index >= 15 is 0 Å². The van der Waals surface area contributed by atoms with E-state index in [9.17, 15) is 13.2 Å². The Morgan fingerprint density at radius 2 is 1.81 bits per heavy atom. The van der Waals surface area contributed by atoms with Gasteiger partial charge in [0.25, 0.3) is 0 Å². The van der Waals surface area contributed by atoms with Gasteiger partial charge in [0.1, 0.15) is 0 Å². The van der Waals surface area contributed by atoms with Crippen molar-refractivity contribution < 1.29 is 22.7 Å². The number of rotatable bonds is 5. The van der Waals surface area contributed by atoms with E-state index in [2.05, 4.69) is 0 Å². The number of benzene rings is 2. The zero-order valence-corrected chi connectivity index (χ0v) is 16.1. The van der Waals surface area contributed by atoms with Crippen LogP contribution in [-0.4, -0.2) is 40.0 Å². The molecule has 1 amide bonds. The maximum atomic E-state index is 12.7. The molecule has 0 atom stereocenters. The summed E-state index contributed by atoms with van der Waals surface area (Å²) in [5.74, 6) is 1.15. The lowest BCUT2D eigenvalue weighted by Crippen LogP contribution is -2.37. The minimum Gasteiger partial charge on any atom is -0.493 e. The van der Waals surface area contributed by atoms with Crippen LogP contribution in [0.2, 0.25) is 0 Å². The molecule has 0 saturated carbocycles. The number of sulfonamides is 1. The summed E-state index contributed by atoms with van der Waals surface area (Å²) in [5, 5.41) is 5.21. The normalized spacial score (nSPS) is 13.8. The zero-order valence-electron chi connectivity index (χ0n) is 15.3. The molecule has 0 unspecified atom stereocenters. The summed E-state index contributed by atoms with van der Waals surface area (Å²) in [4.78, 5) is 14.5. The monoisotopic (exact) mass is 390 g/mol. The molecule has 1 aliphatic heterocycles. The van der Waals surface area contributed by atoms with Gasteiger partial charge in [-0.15, -0.1) is 0 Å². The van der Waals surface area contributed by atoms with E-state index < -0.39 is 10.0 Å². The summed E-state index contributed by atoms with van der Waals surface area (Å²) < 4.78 is 33.6. The third-order valence-corrected chi connectivity index (χ3v) is 5.59. The maximum Gasteiger partial charge on any atom is 0.238 e. The predicted octanol–water partition coefficient (Wildman–Crippen LogP) is 1.48. The van der Waals surface area contributed by atoms with Crippen molar-refractivity contribution in [1.29, 1.82) is 0 Å². The molecule has 8 heteroatoms. The molecule has 2 aromatic rings. The Balaban J connectivity index is 1.76. The Bertz CT molecular complexity index is 972. The van der Waals surface area contributed by atoms with E-state index in [0.717, 1.165) is 16.7 Å². The highest BCUT2D eigenvalue weighted by molar-refractivity contribution is 7.89. The van der Waals surface area contributed by atoms with E-state index in [0.29, 0.717) is 31.0 Å². The first-order valence-corrected chi connectivity index (χ1v) is 9.99. The highest BCUT2D eigenvalue weighted by Crippen LogP contribution is 2.28. The second kappa shape index (κ2) is 7.58. The molecule has 0 aliphatic carbocycles. The van der Waals surface area contributed by atoms with Gasteiger partial charge in [0, 0.05) is 13.1 Å². The summed E-state index contributed by atoms with van der Waals surface area (Å²) >= 11 is 0. The molecule has 0 saturated heterocycles. The van der Waals surface area contributed by atoms with Crippen LogP contribution in [0, 0.1) is 0 Å². The van der Waals surface area contributed by atoms with Crippen molar-refractivity contribution in [2.75, 3.05) is 20.8 Å². The minimum atomic E-state index is -3.77. The third-order valence-electron chi connectivity index (χ3n) is 4.67. The van der Waals surface area contributed by atoms with Gasteiger partial charge in [0.05, 0.1) is 25.5 Å². The number of carbonyl (C=O) groups excluding carboxylic acids is 1. The van der Waals surface area contributed by atoms with Crippen molar-refractivity contribution in [3.8, 4) is 11.5 Å². The van der Waals surface area contributed by atoms with Gasteiger partial charge < -0.3 is 14.4 Å². The number of primary sulfonamides is 1. The molecule has 3 rings (SSSR count). The smallest absolute Gasteiger partial charge is 0.238 e. The lowest BCUT2D eigenvalue weighted by molar-refractivity contribution is -0.131. The quantitative estimate of drug-likeness (QED) is 0.834. The summed E-state index contributed by atoms with van der Waals surface area (Å²) in [6.45, 7) is 0.957. The molecular weight excluding hydrogens is 368 g/mol. The molecule has 1 aliphatic rings. The number of fused-ring (bicyclic) bond motifs is 1. The molecule has 0 bridgehead atoms. The highest BCUT2D eigenvalue weighted by atomic mass is 32.2. The van der Waals surface area contributed by atoms with E-state index in [1.807, 2.05) is 6.07 Å². The second-order valence-corrected chi connectivity index (χ2v) is 7.97. The molecule has 0 spiro atoms. The molecule has 1 heterocycles. The number of carbonyl (C=O) groups is 1. The van der Waals surface area contributed by atoms with E-state index in [1.165, 1.54) is 6.07 Å². The minimum absolute atomic E-state index is 0.0334. The molecular formula is C19H22N2O5S. The average molecular weight is 390 g/mol. The number of nitrogens with two attached hydrogens (primary N) is 1. The van der Waals surface area contributed by atoms with E-state index in [1.54, 1.807) is 43.4 Å². The SMILES string of the molecule is COc1ccc(CC(=O)N2CCc3ccc(S(N)(=O)=O)cc3C2)cc1OC. The lowest BCUT2D eigenvalue weighted by atomic mass is 9.99. The topological polar surface area (TPSA) is 98.9 Å². The molecule has 144 valence electrons. The molecule has 0 radical (unpaired) electrons. The van der Waals surface area contributed by atoms with Crippen LogP contribution in [0.15, 0.2) is 41.3 Å². The van der Waals surface area contributed by atoms with Gasteiger partial charge in [0.15, 0.2) is 11.5 Å². The van der Waals surface area contributed by atoms with Crippen LogP contribution in [0.4, 0.5) is 0 Å². The highest BCUT2D eigenvalue weighted by Gasteiger charge is 2.22. The number of amides is 1. The first-order chi connectivity index (χ1) is 12.8. The van der Waals surface area contributed by atoms with Crippen molar-refractivity contribution in [1.82, 2.24) is 4.90 Å². The van der Waals surface area contributed by atoms with Crippen LogP contribution in [0.3, 0.4) is 0 Å². The maximum absolute atomic E-state index is 12.7. The van der Waals surface area contributed by atoms with Gasteiger partial charge in [0.2, 0.25) is 15.9 Å². The third kappa shape index (κ3) is 4.23. The Kier molecular flexibility index (Phi) is 5.38. The first-order valence-electron chi connectivity index (χ1n) is 8.45. The molecule has 2 aromatic carbocycles. The molecule has 27 heavy (non-hydrogen) atoms. The molecule has 0 fully saturated rings. The Morgan fingerprint density at radius 3 is 2.48 bits per heavy atom. The van der Waals surface area contributed by atoms with Crippen molar-refractivity contribution in [2.45, 2.75) is 24.3 Å². The summed E-state index contributed by atoms with van der Waals surface area (Å²) in [6, 6.07) is 10.2. The Hall–Kier alpha value is -2.58. The van der Waals surface area contributed by atoms with Crippen molar-refractivity contribution in [3.63, 3.8) is 0 Å². The Labute approximate surface area is 158 Å². The number of hydrogen-bond donors (Lipinski definition) is 1. The molecule has 7 nitrogen and oxygen atoms in total. The lowest BCUT2D eigenvalue weighted by Gasteiger charge is -2.29. The zero-order chi connectivity index (χ0) is 19.6. The Morgan fingerprint density at radius 1 is 1.07 bits per heavy atom. The fourth-order valence-corrected chi connectivity index (χ4v) is 3.76. The number of ether oxygens (including phenoxy) is 2. The molecule has 0 aromatic heterocycles. The molecule has 2 N–H and O–H groups in total. The van der Waals surface area contributed by atoms with Gasteiger partial charge in [-0.05, 0) is 47.4 Å². The standard InChI is InChI=1S/C19H22N2O5S/c1-25-17-6-3-13(9-18(17)26-2)10-19(22)21-8-7-14-4-5-16(27(20,23)24)11-15(14)12-21/h3-6,9,11H,7-8,10,12H2,1-2H3,(H2,20,23,24). The van der Waals surface area contributed by atoms with Crippen LogP contribution in [0.25, 0.3) is 0 Å². The second-order valence-electron chi connectivity index (χ2n) is 6.41. The van der Waals surface area contributed by atoms with Crippen LogP contribution in [0.1, 0.15) is 16.7 Å². The van der Waals surface area contributed by atoms with Gasteiger partial charge >= 0.3 is 0 Å². The van der Waals surface area contributed by atoms with Crippen LogP contribution < -0.4 is 14.6 Å². The first kappa shape index (κ1) is 19.2. The van der Waals surface area contributed by atoms with Gasteiger partial charge in [-0.3, -0.25) is 4.79 Å². The van der Waals surface area contributed by atoms with Crippen LogP contribution in [0.5, 0.6) is 11.5 Å². The van der Waals surface area contributed by atoms with Crippen molar-refractivity contribution in [2.24, 2.45) is 5.14 Å². The fourth-order valence-electron chi connectivity index (χ4n) is 3.20. The average Bonchev–Trinajstić information content (AvgIpc) is 2.66. The van der Waals surface area contributed by atoms with E-state index in [4.69, 9.17) is 14.6 Å². The van der Waals surface area contributed by atoms with Crippen molar-refractivity contribution >= 4 is 15.9 Å². The summed E-state index contributed by atoms with van der Waals surface area (Å²) in [6.07, 6.45) is 0.905. The number of nitrogens with zero attached hydrogens (tertiary/aromatic N) is 1. The largest absolute Gasteiger partial charge is 0.493 e. The van der Waals surface area contributed by atoms with E-state index in [-0.39, 0.29) is 17.2 Å². The van der Waals surface area contributed by atoms with Crippen molar-refractivity contribution in [3.05, 3.63) is 53.1 Å². The summed E-state index contributed by atoms with van der Waals surface area (Å²) in [7, 11) is -0.657. The number of hydrogen-bond acceptors (Lipinski definition) is 5. The van der Waals surface area contributed by atoms with Gasteiger partial charge in [-0.1, -0.05) is 12.1 Å². The van der Waals surface area contributed by atoms with Crippen LogP contribution in [-0.2, 0) is 34.2 Å². The summed E-state index contributed by atoms with van der Waals surface area (Å²) in [5.41, 5.74) is 2.67.